The van der Waals surface area contributed by atoms with E-state index >= 15 is 0 Å². The maximum Gasteiger partial charge on any atom is 0.356 e. The van der Waals surface area contributed by atoms with Crippen molar-refractivity contribution < 1.29 is 14.7 Å². The van der Waals surface area contributed by atoms with Crippen LogP contribution in [-0.2, 0) is 9.53 Å². The van der Waals surface area contributed by atoms with Crippen molar-refractivity contribution in [1.29, 1.82) is 0 Å². The van der Waals surface area contributed by atoms with Crippen LogP contribution in [-0.4, -0.2) is 23.5 Å². The zero-order valence-electron chi connectivity index (χ0n) is 7.70. The van der Waals surface area contributed by atoms with Crippen LogP contribution >= 0.6 is 0 Å². The van der Waals surface area contributed by atoms with Crippen LogP contribution in [0.1, 0.15) is 27.2 Å². The predicted molar refractivity (Wildman–Crippen MR) is 45.3 cm³/mol. The second-order valence-corrected chi connectivity index (χ2v) is 2.87. The minimum atomic E-state index is -0.534. The van der Waals surface area contributed by atoms with E-state index in [0.29, 0.717) is 13.0 Å². The van der Waals surface area contributed by atoms with Crippen LogP contribution in [0.3, 0.4) is 0 Å². The van der Waals surface area contributed by atoms with Gasteiger partial charge in [-0.15, -0.1) is 0 Å². The average molecular weight is 173 g/mol. The van der Waals surface area contributed by atoms with Gasteiger partial charge in [0, 0.05) is 6.42 Å². The number of rotatable bonds is 4. The van der Waals surface area contributed by atoms with Gasteiger partial charge in [0.1, 0.15) is 0 Å². The smallest absolute Gasteiger partial charge is 0.356 e. The Morgan fingerprint density at radius 1 is 1.58 bits per heavy atom. The molecule has 0 aliphatic rings. The molecule has 0 bridgehead atoms. The monoisotopic (exact) mass is 173 g/mol. The van der Waals surface area contributed by atoms with Crippen molar-refractivity contribution in [2.45, 2.75) is 27.2 Å². The number of carbonyl (C=O) groups is 1. The van der Waals surface area contributed by atoms with Gasteiger partial charge < -0.3 is 9.94 Å². The van der Waals surface area contributed by atoms with Gasteiger partial charge in [0.05, 0.1) is 6.61 Å². The Morgan fingerprint density at radius 3 is 2.50 bits per heavy atom. The molecule has 0 saturated heterocycles. The van der Waals surface area contributed by atoms with Crippen molar-refractivity contribution in [3.8, 4) is 0 Å². The first-order chi connectivity index (χ1) is 5.61. The third-order valence-corrected chi connectivity index (χ3v) is 1.23. The van der Waals surface area contributed by atoms with Crippen molar-refractivity contribution in [2.24, 2.45) is 11.1 Å². The largest absolute Gasteiger partial charge is 0.461 e. The molecule has 70 valence electrons. The molecule has 0 spiro atoms. The third kappa shape index (κ3) is 3.95. The Bertz CT molecular complexity index is 175. The second kappa shape index (κ2) is 5.57. The summed E-state index contributed by atoms with van der Waals surface area (Å²) < 4.78 is 4.67. The van der Waals surface area contributed by atoms with E-state index in [4.69, 9.17) is 5.21 Å². The number of oxime groups is 1. The lowest BCUT2D eigenvalue weighted by atomic mass is 10.1. The predicted octanol–water partition coefficient (Wildman–Crippen LogP) is 1.43. The summed E-state index contributed by atoms with van der Waals surface area (Å²) >= 11 is 0. The minimum absolute atomic E-state index is 0.0897. The Balaban J connectivity index is 4.08. The molecule has 4 nitrogen and oxygen atoms in total. The van der Waals surface area contributed by atoms with E-state index in [0.717, 1.165) is 0 Å². The summed E-state index contributed by atoms with van der Waals surface area (Å²) in [7, 11) is 0. The summed E-state index contributed by atoms with van der Waals surface area (Å²) in [4.78, 5) is 11.0. The van der Waals surface area contributed by atoms with E-state index in [1.807, 2.05) is 13.8 Å². The molecule has 0 aliphatic carbocycles. The summed E-state index contributed by atoms with van der Waals surface area (Å²) in [5.74, 6) is -0.256. The molecule has 1 N–H and O–H groups in total. The van der Waals surface area contributed by atoms with Gasteiger partial charge in [0.15, 0.2) is 5.71 Å². The van der Waals surface area contributed by atoms with Gasteiger partial charge in [-0.2, -0.15) is 0 Å². The van der Waals surface area contributed by atoms with Gasteiger partial charge in [-0.3, -0.25) is 0 Å². The Labute approximate surface area is 72.2 Å². The molecule has 0 saturated carbocycles. The number of ether oxygens (including phenoxy) is 1. The molecule has 0 heterocycles. The molecule has 0 aromatic heterocycles. The molecule has 0 aromatic carbocycles. The van der Waals surface area contributed by atoms with E-state index in [2.05, 4.69) is 9.89 Å². The maximum absolute atomic E-state index is 11.0. The van der Waals surface area contributed by atoms with Crippen LogP contribution in [0.5, 0.6) is 0 Å². The SMILES string of the molecule is CCOC(=O)C(CC(C)C)=NO. The number of carbonyl (C=O) groups excluding carboxylic acids is 1. The first kappa shape index (κ1) is 10.9. The molecule has 12 heavy (non-hydrogen) atoms. The van der Waals surface area contributed by atoms with E-state index in [1.54, 1.807) is 6.92 Å². The maximum atomic E-state index is 11.0. The quantitative estimate of drug-likeness (QED) is 0.303. The van der Waals surface area contributed by atoms with Crippen LogP contribution in [0, 0.1) is 5.92 Å². The van der Waals surface area contributed by atoms with E-state index in [1.165, 1.54) is 0 Å². The molecule has 0 aliphatic heterocycles. The lowest BCUT2D eigenvalue weighted by Crippen LogP contribution is -2.19. The summed E-state index contributed by atoms with van der Waals surface area (Å²) in [6.07, 6.45) is 0.440. The van der Waals surface area contributed by atoms with Crippen LogP contribution in [0.15, 0.2) is 5.16 Å². The lowest BCUT2D eigenvalue weighted by molar-refractivity contribution is -0.135. The van der Waals surface area contributed by atoms with Gasteiger partial charge in [-0.25, -0.2) is 4.79 Å². The molecule has 0 aromatic rings. The van der Waals surface area contributed by atoms with Crippen LogP contribution < -0.4 is 0 Å². The molecule has 0 rings (SSSR count). The summed E-state index contributed by atoms with van der Waals surface area (Å²) in [6.45, 7) is 5.88. The highest BCUT2D eigenvalue weighted by Gasteiger charge is 2.14. The Hall–Kier alpha value is -1.06. The van der Waals surface area contributed by atoms with Crippen molar-refractivity contribution in [3.05, 3.63) is 0 Å². The van der Waals surface area contributed by atoms with Gasteiger partial charge in [-0.1, -0.05) is 19.0 Å². The third-order valence-electron chi connectivity index (χ3n) is 1.23. The zero-order valence-corrected chi connectivity index (χ0v) is 7.70. The molecule has 0 atom stereocenters. The number of hydrogen-bond acceptors (Lipinski definition) is 4. The van der Waals surface area contributed by atoms with Crippen LogP contribution in [0.4, 0.5) is 0 Å². The number of nitrogens with zero attached hydrogens (tertiary/aromatic N) is 1. The first-order valence-corrected chi connectivity index (χ1v) is 3.99. The Kier molecular flexibility index (Phi) is 5.08. The lowest BCUT2D eigenvalue weighted by Gasteiger charge is -2.05. The van der Waals surface area contributed by atoms with E-state index in [9.17, 15) is 4.79 Å². The van der Waals surface area contributed by atoms with Gasteiger partial charge >= 0.3 is 5.97 Å². The highest BCUT2D eigenvalue weighted by Crippen LogP contribution is 2.02. The molecule has 0 radical (unpaired) electrons. The highest BCUT2D eigenvalue weighted by molar-refractivity contribution is 6.36. The Morgan fingerprint density at radius 2 is 2.17 bits per heavy atom. The molecular formula is C8H15NO3. The van der Waals surface area contributed by atoms with Crippen molar-refractivity contribution in [1.82, 2.24) is 0 Å². The van der Waals surface area contributed by atoms with E-state index < -0.39 is 5.97 Å². The van der Waals surface area contributed by atoms with Crippen molar-refractivity contribution >= 4 is 11.7 Å². The minimum Gasteiger partial charge on any atom is -0.461 e. The standard InChI is InChI=1S/C8H15NO3/c1-4-12-8(10)7(9-11)5-6(2)3/h6,11H,4-5H2,1-3H3. The summed E-state index contributed by atoms with van der Waals surface area (Å²) in [6, 6.07) is 0. The topological polar surface area (TPSA) is 58.9 Å². The normalized spacial score (nSPS) is 11.8. The fraction of sp³-hybridized carbons (Fsp3) is 0.750. The highest BCUT2D eigenvalue weighted by atomic mass is 16.5. The van der Waals surface area contributed by atoms with Crippen molar-refractivity contribution in [2.75, 3.05) is 6.61 Å². The van der Waals surface area contributed by atoms with E-state index in [-0.39, 0.29) is 11.6 Å². The summed E-state index contributed by atoms with van der Waals surface area (Å²) in [5.41, 5.74) is 0.0897. The van der Waals surface area contributed by atoms with Crippen LogP contribution in [0.2, 0.25) is 0 Å². The molecular weight excluding hydrogens is 158 g/mol. The van der Waals surface area contributed by atoms with Gasteiger partial charge in [-0.05, 0) is 12.8 Å². The summed E-state index contributed by atoms with van der Waals surface area (Å²) in [5, 5.41) is 11.3. The molecule has 0 unspecified atom stereocenters. The van der Waals surface area contributed by atoms with Crippen LogP contribution in [0.25, 0.3) is 0 Å². The number of hydrogen-bond donors (Lipinski definition) is 1. The second-order valence-electron chi connectivity index (χ2n) is 2.87. The van der Waals surface area contributed by atoms with Gasteiger partial charge in [0.25, 0.3) is 0 Å². The van der Waals surface area contributed by atoms with Crippen molar-refractivity contribution in [3.63, 3.8) is 0 Å². The molecule has 0 fully saturated rings. The fourth-order valence-corrected chi connectivity index (χ4v) is 0.766. The number of esters is 1. The zero-order chi connectivity index (χ0) is 9.56. The molecule has 4 heteroatoms. The first-order valence-electron chi connectivity index (χ1n) is 3.99. The van der Waals surface area contributed by atoms with Gasteiger partial charge in [0.2, 0.25) is 0 Å². The average Bonchev–Trinajstić information content (AvgIpc) is 2.00. The molecule has 0 amide bonds. The fourth-order valence-electron chi connectivity index (χ4n) is 0.766.